The third-order valence-corrected chi connectivity index (χ3v) is 12.3. The minimum absolute atomic E-state index is 0.0540. The van der Waals surface area contributed by atoms with Crippen LogP contribution in [0.25, 0.3) is 0 Å². The molecule has 0 aromatic carbocycles. The molecule has 5 aliphatic rings. The summed E-state index contributed by atoms with van der Waals surface area (Å²) in [5.41, 5.74) is -1.64. The normalized spacial score (nSPS) is 52.1. The molecule has 0 aromatic heterocycles. The Kier molecular flexibility index (Phi) is 9.30. The molecule has 3 saturated carbocycles. The Hall–Kier alpha value is -0.660. The Balaban J connectivity index is 1.36. The summed E-state index contributed by atoms with van der Waals surface area (Å²) < 4.78 is 11.4. The van der Waals surface area contributed by atoms with Gasteiger partial charge in [0, 0.05) is 18.9 Å². The van der Waals surface area contributed by atoms with Crippen LogP contribution in [-0.2, 0) is 9.47 Å². The average Bonchev–Trinajstić information content (AvgIpc) is 3.14. The maximum atomic E-state index is 12.6. The van der Waals surface area contributed by atoms with Crippen molar-refractivity contribution in [2.75, 3.05) is 13.2 Å². The Morgan fingerprint density at radius 1 is 0.952 bits per heavy atom. The highest BCUT2D eigenvalue weighted by Gasteiger charge is 2.72. The summed E-state index contributed by atoms with van der Waals surface area (Å²) in [6.45, 7) is 8.32. The van der Waals surface area contributed by atoms with Crippen LogP contribution in [0.1, 0.15) is 79.1 Å². The molecule has 4 unspecified atom stereocenters. The lowest BCUT2D eigenvalue weighted by molar-refractivity contribution is -0.280. The van der Waals surface area contributed by atoms with Crippen LogP contribution in [0.5, 0.6) is 0 Å². The molecule has 4 fully saturated rings. The molecular formula is C32H54O10. The largest absolute Gasteiger partial charge is 0.396 e. The number of aliphatic hydroxyl groups is 8. The Bertz CT molecular complexity index is 992. The highest BCUT2D eigenvalue weighted by atomic mass is 16.7. The average molecular weight is 599 g/mol. The molecule has 1 heterocycles. The maximum absolute atomic E-state index is 12.6. The molecule has 0 radical (unpaired) electrons. The highest BCUT2D eigenvalue weighted by Crippen LogP contribution is 2.69. The summed E-state index contributed by atoms with van der Waals surface area (Å²) >= 11 is 0. The SMILES string of the molecule is C[C@H](CO)CCC[C@@H](C)[C@H]1[C@@H](O)[C@H](O)C2[C@]3(O)C[C@@H](O)C4=C[C@@H](O[C@@H]5OC[C@@H](O)C(O)C5O)CC[C@]4(C)C3CC[C@@]21C. The molecule has 0 spiro atoms. The summed E-state index contributed by atoms with van der Waals surface area (Å²) in [5.74, 6) is -0.645. The first-order chi connectivity index (χ1) is 19.7. The predicted molar refractivity (Wildman–Crippen MR) is 153 cm³/mol. The first kappa shape index (κ1) is 32.7. The van der Waals surface area contributed by atoms with Crippen LogP contribution in [0.4, 0.5) is 0 Å². The van der Waals surface area contributed by atoms with Gasteiger partial charge in [0.25, 0.3) is 0 Å². The van der Waals surface area contributed by atoms with E-state index in [2.05, 4.69) is 20.8 Å². The maximum Gasteiger partial charge on any atom is 0.186 e. The highest BCUT2D eigenvalue weighted by molar-refractivity contribution is 5.33. The number of rotatable bonds is 8. The van der Waals surface area contributed by atoms with Gasteiger partial charge >= 0.3 is 0 Å². The number of aliphatic hydroxyl groups excluding tert-OH is 7. The van der Waals surface area contributed by atoms with E-state index in [-0.39, 0.29) is 43.3 Å². The second-order valence-electron chi connectivity index (χ2n) is 15.0. The minimum atomic E-state index is -1.40. The van der Waals surface area contributed by atoms with Crippen molar-refractivity contribution in [2.45, 2.75) is 134 Å². The van der Waals surface area contributed by atoms with Gasteiger partial charge < -0.3 is 50.3 Å². The van der Waals surface area contributed by atoms with E-state index in [1.54, 1.807) is 0 Å². The third kappa shape index (κ3) is 5.21. The van der Waals surface area contributed by atoms with Gasteiger partial charge in [-0.15, -0.1) is 0 Å². The van der Waals surface area contributed by atoms with Crippen molar-refractivity contribution < 1.29 is 50.3 Å². The molecule has 1 saturated heterocycles. The van der Waals surface area contributed by atoms with Gasteiger partial charge in [-0.1, -0.05) is 46.6 Å². The van der Waals surface area contributed by atoms with Crippen molar-refractivity contribution in [1.29, 1.82) is 0 Å². The van der Waals surface area contributed by atoms with E-state index in [9.17, 15) is 40.9 Å². The lowest BCUT2D eigenvalue weighted by atomic mass is 9.43. The van der Waals surface area contributed by atoms with Gasteiger partial charge in [0.05, 0.1) is 36.6 Å². The van der Waals surface area contributed by atoms with E-state index in [0.717, 1.165) is 31.3 Å². The summed E-state index contributed by atoms with van der Waals surface area (Å²) in [4.78, 5) is 0. The van der Waals surface area contributed by atoms with Gasteiger partial charge in [0.1, 0.15) is 18.3 Å². The quantitative estimate of drug-likeness (QED) is 0.187. The van der Waals surface area contributed by atoms with Gasteiger partial charge in [-0.05, 0) is 72.2 Å². The van der Waals surface area contributed by atoms with Crippen molar-refractivity contribution in [3.05, 3.63) is 11.6 Å². The molecule has 5 rings (SSSR count). The predicted octanol–water partition coefficient (Wildman–Crippen LogP) is 0.852. The molecule has 0 bridgehead atoms. The molecule has 0 amide bonds. The van der Waals surface area contributed by atoms with Crippen LogP contribution in [0.2, 0.25) is 0 Å². The minimum Gasteiger partial charge on any atom is -0.396 e. The zero-order valence-electron chi connectivity index (χ0n) is 25.5. The fourth-order valence-electron chi connectivity index (χ4n) is 10.2. The second kappa shape index (κ2) is 11.9. The first-order valence-corrected chi connectivity index (χ1v) is 16.1. The van der Waals surface area contributed by atoms with Crippen LogP contribution in [-0.4, -0.2) is 109 Å². The molecule has 242 valence electrons. The summed E-state index contributed by atoms with van der Waals surface area (Å²) in [6.07, 6.45) is -1.38. The van der Waals surface area contributed by atoms with Crippen LogP contribution >= 0.6 is 0 Å². The van der Waals surface area contributed by atoms with Gasteiger partial charge in [-0.3, -0.25) is 0 Å². The van der Waals surface area contributed by atoms with E-state index < -0.39 is 71.4 Å². The van der Waals surface area contributed by atoms with Crippen molar-refractivity contribution in [3.63, 3.8) is 0 Å². The van der Waals surface area contributed by atoms with Crippen LogP contribution < -0.4 is 0 Å². The van der Waals surface area contributed by atoms with E-state index in [1.165, 1.54) is 0 Å². The molecule has 1 aliphatic heterocycles. The van der Waals surface area contributed by atoms with E-state index in [0.29, 0.717) is 19.3 Å². The molecule has 8 N–H and O–H groups in total. The smallest absolute Gasteiger partial charge is 0.186 e. The molecule has 0 aromatic rings. The van der Waals surface area contributed by atoms with Crippen molar-refractivity contribution in [1.82, 2.24) is 0 Å². The number of fused-ring (bicyclic) bond motifs is 5. The Morgan fingerprint density at radius 2 is 1.67 bits per heavy atom. The first-order valence-electron chi connectivity index (χ1n) is 16.1. The molecule has 42 heavy (non-hydrogen) atoms. The lowest BCUT2D eigenvalue weighted by Crippen LogP contribution is -2.66. The fraction of sp³-hybridized carbons (Fsp3) is 0.938. The van der Waals surface area contributed by atoms with Crippen molar-refractivity contribution in [3.8, 4) is 0 Å². The number of hydrogen-bond acceptors (Lipinski definition) is 10. The summed E-state index contributed by atoms with van der Waals surface area (Å²) in [5, 5.41) is 86.7. The van der Waals surface area contributed by atoms with E-state index in [1.807, 2.05) is 13.0 Å². The van der Waals surface area contributed by atoms with Gasteiger partial charge in [-0.25, -0.2) is 0 Å². The van der Waals surface area contributed by atoms with Crippen molar-refractivity contribution in [2.24, 2.45) is 40.4 Å². The van der Waals surface area contributed by atoms with Gasteiger partial charge in [0.15, 0.2) is 6.29 Å². The summed E-state index contributed by atoms with van der Waals surface area (Å²) in [6, 6.07) is 0. The Morgan fingerprint density at radius 3 is 2.36 bits per heavy atom. The monoisotopic (exact) mass is 598 g/mol. The van der Waals surface area contributed by atoms with Gasteiger partial charge in [-0.2, -0.15) is 0 Å². The number of ether oxygens (including phenoxy) is 2. The standard InChI is InChI=1S/C32H54O10/c1-16(14-33)6-5-7-17(2)23-25(37)26(38)28-31(23,4)11-9-22-30(3)10-8-18(12-19(30)20(34)13-32(22,28)40)42-29-27(39)24(36)21(35)15-41-29/h12,16-18,20-29,33-40H,5-11,13-15H2,1-4H3/t16-,17+,18-,20+,21+,22?,23-,24?,25+,26-,27?,28?,29-,30-,31+,32-/m0/s1. The van der Waals surface area contributed by atoms with Gasteiger partial charge in [0.2, 0.25) is 0 Å². The molecular weight excluding hydrogens is 544 g/mol. The van der Waals surface area contributed by atoms with Crippen molar-refractivity contribution >= 4 is 0 Å². The fourth-order valence-corrected chi connectivity index (χ4v) is 10.2. The zero-order chi connectivity index (χ0) is 30.8. The molecule has 10 nitrogen and oxygen atoms in total. The summed E-state index contributed by atoms with van der Waals surface area (Å²) in [7, 11) is 0. The number of hydrogen-bond donors (Lipinski definition) is 8. The Labute approximate surface area is 249 Å². The lowest BCUT2D eigenvalue weighted by Gasteiger charge is -2.64. The molecule has 4 aliphatic carbocycles. The van der Waals surface area contributed by atoms with E-state index in [4.69, 9.17) is 9.47 Å². The third-order valence-electron chi connectivity index (χ3n) is 12.3. The van der Waals surface area contributed by atoms with Crippen LogP contribution in [0.15, 0.2) is 11.6 Å². The van der Waals surface area contributed by atoms with Crippen LogP contribution in [0, 0.1) is 40.4 Å². The molecule has 10 heteroatoms. The topological polar surface area (TPSA) is 180 Å². The van der Waals surface area contributed by atoms with E-state index >= 15 is 0 Å². The van der Waals surface area contributed by atoms with Crippen LogP contribution in [0.3, 0.4) is 0 Å². The second-order valence-corrected chi connectivity index (χ2v) is 15.0. The zero-order valence-corrected chi connectivity index (χ0v) is 25.5. The molecule has 16 atom stereocenters.